The van der Waals surface area contributed by atoms with E-state index < -0.39 is 0 Å². The van der Waals surface area contributed by atoms with Crippen molar-refractivity contribution >= 4 is 23.1 Å². The fourth-order valence-corrected chi connectivity index (χ4v) is 2.17. The molecule has 0 atom stereocenters. The molecule has 0 saturated carbocycles. The highest BCUT2D eigenvalue weighted by atomic mass is 16.5. The molecule has 5 heteroatoms. The van der Waals surface area contributed by atoms with E-state index in [2.05, 4.69) is 10.3 Å². The van der Waals surface area contributed by atoms with Crippen molar-refractivity contribution in [3.05, 3.63) is 35.5 Å². The van der Waals surface area contributed by atoms with Gasteiger partial charge >= 0.3 is 0 Å². The van der Waals surface area contributed by atoms with Crippen LogP contribution >= 0.6 is 0 Å². The second-order valence-electron chi connectivity index (χ2n) is 5.02. The zero-order valence-electron chi connectivity index (χ0n) is 14.3. The maximum atomic E-state index is 12.5. The number of rotatable bonds is 5. The van der Waals surface area contributed by atoms with Gasteiger partial charge in [-0.1, -0.05) is 32.0 Å². The fourth-order valence-electron chi connectivity index (χ4n) is 2.17. The number of hydrogen-bond acceptors (Lipinski definition) is 4. The predicted octanol–water partition coefficient (Wildman–Crippen LogP) is 3.29. The number of benzene rings is 1. The molecule has 23 heavy (non-hydrogen) atoms. The Morgan fingerprint density at radius 1 is 1.30 bits per heavy atom. The molecule has 1 heterocycles. The summed E-state index contributed by atoms with van der Waals surface area (Å²) in [5.41, 5.74) is 1.74. The molecule has 0 fully saturated rings. The first-order valence-electron chi connectivity index (χ1n) is 7.81. The third-order valence-corrected chi connectivity index (χ3v) is 2.96. The van der Waals surface area contributed by atoms with Gasteiger partial charge in [0.05, 0.1) is 16.8 Å². The molecule has 0 aliphatic heterocycles. The van der Waals surface area contributed by atoms with Crippen LogP contribution in [0, 0.1) is 6.92 Å². The van der Waals surface area contributed by atoms with Crippen LogP contribution in [0.4, 0.5) is 0 Å². The van der Waals surface area contributed by atoms with E-state index >= 15 is 0 Å². The van der Waals surface area contributed by atoms with E-state index in [0.717, 1.165) is 5.52 Å². The molecule has 2 aromatic rings. The van der Waals surface area contributed by atoms with Crippen LogP contribution < -0.4 is 10.1 Å². The van der Waals surface area contributed by atoms with E-state index in [1.54, 1.807) is 6.92 Å². The number of pyridine rings is 1. The molecule has 1 N–H and O–H groups in total. The minimum Gasteiger partial charge on any atom is -0.483 e. The lowest BCUT2D eigenvalue weighted by atomic mass is 10.1. The summed E-state index contributed by atoms with van der Waals surface area (Å²) in [7, 11) is 0. The maximum Gasteiger partial charge on any atom is 0.256 e. The highest BCUT2D eigenvalue weighted by Gasteiger charge is 2.20. The van der Waals surface area contributed by atoms with E-state index in [0.29, 0.717) is 28.7 Å². The number of nitrogens with one attached hydrogen (secondary N) is 1. The molecule has 0 bridgehead atoms. The Labute approximate surface area is 137 Å². The SMILES string of the molecule is CC.Cc1nc2ccccc2c(C(=O)NC(C)C)c1OCC=O. The Kier molecular flexibility index (Phi) is 7.19. The third-order valence-electron chi connectivity index (χ3n) is 2.96. The van der Waals surface area contributed by atoms with Crippen LogP contribution in [0.25, 0.3) is 10.9 Å². The van der Waals surface area contributed by atoms with Gasteiger partial charge in [0, 0.05) is 11.4 Å². The number of nitrogens with zero attached hydrogens (tertiary/aromatic N) is 1. The number of ether oxygens (including phenoxy) is 1. The maximum absolute atomic E-state index is 12.5. The van der Waals surface area contributed by atoms with Crippen LogP contribution in [0.5, 0.6) is 5.75 Å². The smallest absolute Gasteiger partial charge is 0.256 e. The van der Waals surface area contributed by atoms with Crippen LogP contribution in [0.2, 0.25) is 0 Å². The monoisotopic (exact) mass is 316 g/mol. The second-order valence-corrected chi connectivity index (χ2v) is 5.02. The van der Waals surface area contributed by atoms with Gasteiger partial charge in [-0.2, -0.15) is 0 Å². The summed E-state index contributed by atoms with van der Waals surface area (Å²) in [5, 5.41) is 3.57. The largest absolute Gasteiger partial charge is 0.483 e. The molecular formula is C18H24N2O3. The summed E-state index contributed by atoms with van der Waals surface area (Å²) in [6.07, 6.45) is 0.652. The number of amides is 1. The van der Waals surface area contributed by atoms with Crippen LogP contribution in [0.15, 0.2) is 24.3 Å². The van der Waals surface area contributed by atoms with Crippen LogP contribution in [-0.4, -0.2) is 29.8 Å². The van der Waals surface area contributed by atoms with Gasteiger partial charge in [-0.3, -0.25) is 9.59 Å². The van der Waals surface area contributed by atoms with Crippen molar-refractivity contribution in [1.29, 1.82) is 0 Å². The van der Waals surface area contributed by atoms with Gasteiger partial charge in [0.25, 0.3) is 5.91 Å². The first-order valence-corrected chi connectivity index (χ1v) is 7.81. The first-order chi connectivity index (χ1) is 11.0. The molecule has 5 nitrogen and oxygen atoms in total. The van der Waals surface area contributed by atoms with Crippen LogP contribution in [0.3, 0.4) is 0 Å². The van der Waals surface area contributed by atoms with Crippen molar-refractivity contribution in [1.82, 2.24) is 10.3 Å². The van der Waals surface area contributed by atoms with Crippen molar-refractivity contribution in [2.75, 3.05) is 6.61 Å². The van der Waals surface area contributed by atoms with Crippen molar-refractivity contribution in [3.8, 4) is 5.75 Å². The van der Waals surface area contributed by atoms with Gasteiger partial charge in [-0.15, -0.1) is 0 Å². The Morgan fingerprint density at radius 2 is 1.96 bits per heavy atom. The fraction of sp³-hybridized carbons (Fsp3) is 0.389. The minimum atomic E-state index is -0.229. The number of aldehydes is 1. The zero-order valence-corrected chi connectivity index (χ0v) is 14.3. The highest BCUT2D eigenvalue weighted by molar-refractivity contribution is 6.09. The molecular weight excluding hydrogens is 292 g/mol. The van der Waals surface area contributed by atoms with Crippen LogP contribution in [-0.2, 0) is 4.79 Å². The number of carbonyl (C=O) groups excluding carboxylic acids is 2. The topological polar surface area (TPSA) is 68.3 Å². The van der Waals surface area contributed by atoms with Gasteiger partial charge in [-0.25, -0.2) is 4.98 Å². The Bertz CT molecular complexity index is 681. The van der Waals surface area contributed by atoms with E-state index in [1.807, 2.05) is 52.0 Å². The highest BCUT2D eigenvalue weighted by Crippen LogP contribution is 2.29. The van der Waals surface area contributed by atoms with Crippen molar-refractivity contribution in [3.63, 3.8) is 0 Å². The summed E-state index contributed by atoms with van der Waals surface area (Å²) in [4.78, 5) is 27.5. The molecule has 2 rings (SSSR count). The molecule has 1 aromatic carbocycles. The average molecular weight is 316 g/mol. The van der Waals surface area contributed by atoms with E-state index in [9.17, 15) is 9.59 Å². The summed E-state index contributed by atoms with van der Waals surface area (Å²) < 4.78 is 5.44. The molecule has 0 aliphatic carbocycles. The Hall–Kier alpha value is -2.43. The summed E-state index contributed by atoms with van der Waals surface area (Å²) >= 11 is 0. The van der Waals surface area contributed by atoms with Gasteiger partial charge in [0.15, 0.2) is 12.0 Å². The van der Waals surface area contributed by atoms with Crippen molar-refractivity contribution in [2.24, 2.45) is 0 Å². The van der Waals surface area contributed by atoms with Gasteiger partial charge in [0.1, 0.15) is 6.61 Å². The predicted molar refractivity (Wildman–Crippen MR) is 92.0 cm³/mol. The Balaban J connectivity index is 0.00000127. The number of carbonyl (C=O) groups is 2. The lowest BCUT2D eigenvalue weighted by Gasteiger charge is -2.16. The average Bonchev–Trinajstić information content (AvgIpc) is 2.53. The Morgan fingerprint density at radius 3 is 2.57 bits per heavy atom. The third kappa shape index (κ3) is 4.52. The molecule has 1 aromatic heterocycles. The molecule has 0 unspecified atom stereocenters. The lowest BCUT2D eigenvalue weighted by molar-refractivity contribution is -0.109. The molecule has 0 radical (unpaired) electrons. The number of para-hydroxylation sites is 1. The summed E-state index contributed by atoms with van der Waals surface area (Å²) in [6, 6.07) is 7.38. The zero-order chi connectivity index (χ0) is 17.4. The van der Waals surface area contributed by atoms with E-state index in [1.165, 1.54) is 0 Å². The normalized spacial score (nSPS) is 10.0. The second kappa shape index (κ2) is 8.88. The number of aromatic nitrogens is 1. The van der Waals surface area contributed by atoms with Gasteiger partial charge < -0.3 is 10.1 Å². The van der Waals surface area contributed by atoms with Crippen molar-refractivity contribution in [2.45, 2.75) is 40.7 Å². The molecule has 0 aliphatic rings. The van der Waals surface area contributed by atoms with Crippen molar-refractivity contribution < 1.29 is 14.3 Å². The minimum absolute atomic E-state index is 0.00338. The van der Waals surface area contributed by atoms with E-state index in [-0.39, 0.29) is 18.6 Å². The molecule has 0 saturated heterocycles. The molecule has 1 amide bonds. The standard InChI is InChI=1S/C16H18N2O3.C2H6/c1-10(2)17-16(20)14-12-6-4-5-7-13(12)18-11(3)15(14)21-9-8-19;1-2/h4-8,10H,9H2,1-3H3,(H,17,20);1-2H3. The quantitative estimate of drug-likeness (QED) is 0.860. The molecule has 0 spiro atoms. The van der Waals surface area contributed by atoms with Crippen LogP contribution in [0.1, 0.15) is 43.7 Å². The number of fused-ring (bicyclic) bond motifs is 1. The van der Waals surface area contributed by atoms with Gasteiger partial charge in [-0.05, 0) is 26.8 Å². The van der Waals surface area contributed by atoms with Gasteiger partial charge in [0.2, 0.25) is 0 Å². The lowest BCUT2D eigenvalue weighted by Crippen LogP contribution is -2.31. The first kappa shape index (κ1) is 18.6. The summed E-state index contributed by atoms with van der Waals surface area (Å²) in [5.74, 6) is 0.131. The summed E-state index contributed by atoms with van der Waals surface area (Å²) in [6.45, 7) is 9.43. The number of hydrogen-bond donors (Lipinski definition) is 1. The van der Waals surface area contributed by atoms with E-state index in [4.69, 9.17) is 4.74 Å². The number of aryl methyl sites for hydroxylation is 1. The molecule has 124 valence electrons.